The Labute approximate surface area is 108 Å². The zero-order chi connectivity index (χ0) is 13.0. The molecular formula is C15H19N3. The number of aryl methyl sites for hydroxylation is 2. The van der Waals surface area contributed by atoms with E-state index in [0.29, 0.717) is 0 Å². The Morgan fingerprint density at radius 1 is 1.22 bits per heavy atom. The van der Waals surface area contributed by atoms with Gasteiger partial charge < -0.3 is 0 Å². The minimum atomic E-state index is -0.00477. The van der Waals surface area contributed by atoms with E-state index >= 15 is 0 Å². The Morgan fingerprint density at radius 2 is 2.00 bits per heavy atom. The number of aromatic nitrogens is 1. The molecule has 0 spiro atoms. The molecule has 0 saturated heterocycles. The first kappa shape index (κ1) is 12.7. The quantitative estimate of drug-likeness (QED) is 0.639. The summed E-state index contributed by atoms with van der Waals surface area (Å²) in [5.74, 6) is 5.75. The highest BCUT2D eigenvalue weighted by atomic mass is 15.2. The first-order valence-corrected chi connectivity index (χ1v) is 6.22. The van der Waals surface area contributed by atoms with Crippen LogP contribution in [0.5, 0.6) is 0 Å². The van der Waals surface area contributed by atoms with Crippen LogP contribution in [0.2, 0.25) is 0 Å². The predicted molar refractivity (Wildman–Crippen MR) is 74.0 cm³/mol. The minimum Gasteiger partial charge on any atom is -0.271 e. The molecule has 18 heavy (non-hydrogen) atoms. The average molecular weight is 241 g/mol. The van der Waals surface area contributed by atoms with Gasteiger partial charge in [0.2, 0.25) is 0 Å². The Kier molecular flexibility index (Phi) is 4.07. The molecule has 0 fully saturated rings. The van der Waals surface area contributed by atoms with Crippen molar-refractivity contribution in [2.24, 2.45) is 5.84 Å². The van der Waals surface area contributed by atoms with Crippen molar-refractivity contribution < 1.29 is 0 Å². The van der Waals surface area contributed by atoms with Gasteiger partial charge in [0.25, 0.3) is 0 Å². The molecule has 3 heteroatoms. The van der Waals surface area contributed by atoms with Crippen molar-refractivity contribution in [2.45, 2.75) is 26.3 Å². The zero-order valence-corrected chi connectivity index (χ0v) is 10.9. The maximum Gasteiger partial charge on any atom is 0.0730 e. The Morgan fingerprint density at radius 3 is 2.67 bits per heavy atom. The van der Waals surface area contributed by atoms with E-state index in [1.54, 1.807) is 6.20 Å². The second kappa shape index (κ2) is 5.76. The molecule has 1 heterocycles. The van der Waals surface area contributed by atoms with Gasteiger partial charge in [0.1, 0.15) is 0 Å². The molecule has 0 aliphatic carbocycles. The van der Waals surface area contributed by atoms with Crippen molar-refractivity contribution in [3.05, 3.63) is 65.0 Å². The number of nitrogens with two attached hydrogens (primary N) is 1. The average Bonchev–Trinajstić information content (AvgIpc) is 2.42. The largest absolute Gasteiger partial charge is 0.271 e. The second-order valence-corrected chi connectivity index (χ2v) is 4.38. The number of hydrazine groups is 1. The molecule has 3 nitrogen and oxygen atoms in total. The van der Waals surface area contributed by atoms with Gasteiger partial charge in [-0.05, 0) is 41.7 Å². The lowest BCUT2D eigenvalue weighted by atomic mass is 9.92. The van der Waals surface area contributed by atoms with Crippen LogP contribution in [0.25, 0.3) is 0 Å². The first-order chi connectivity index (χ1) is 8.77. The molecule has 1 atom stereocenters. The highest BCUT2D eigenvalue weighted by Gasteiger charge is 2.16. The van der Waals surface area contributed by atoms with Crippen molar-refractivity contribution in [3.63, 3.8) is 0 Å². The summed E-state index contributed by atoms with van der Waals surface area (Å²) in [5.41, 5.74) is 7.76. The number of nitrogens with one attached hydrogen (secondary N) is 1. The fourth-order valence-electron chi connectivity index (χ4n) is 2.26. The lowest BCUT2D eigenvalue weighted by Crippen LogP contribution is -2.30. The van der Waals surface area contributed by atoms with E-state index < -0.39 is 0 Å². The van der Waals surface area contributed by atoms with Gasteiger partial charge in [0.05, 0.1) is 6.04 Å². The van der Waals surface area contributed by atoms with E-state index in [9.17, 15) is 0 Å². The molecular weight excluding hydrogens is 222 g/mol. The molecule has 1 aromatic carbocycles. The van der Waals surface area contributed by atoms with E-state index in [1.165, 1.54) is 16.7 Å². The summed E-state index contributed by atoms with van der Waals surface area (Å²) < 4.78 is 0. The second-order valence-electron chi connectivity index (χ2n) is 4.38. The molecule has 1 aromatic heterocycles. The summed E-state index contributed by atoms with van der Waals surface area (Å²) in [7, 11) is 0. The lowest BCUT2D eigenvalue weighted by molar-refractivity contribution is 0.626. The van der Waals surface area contributed by atoms with E-state index in [-0.39, 0.29) is 6.04 Å². The number of benzene rings is 1. The fourth-order valence-corrected chi connectivity index (χ4v) is 2.26. The van der Waals surface area contributed by atoms with Crippen LogP contribution in [0, 0.1) is 6.92 Å². The topological polar surface area (TPSA) is 50.9 Å². The van der Waals surface area contributed by atoms with Gasteiger partial charge in [-0.3, -0.25) is 10.8 Å². The molecule has 0 saturated carbocycles. The van der Waals surface area contributed by atoms with Crippen LogP contribution in [0.1, 0.15) is 35.2 Å². The highest BCUT2D eigenvalue weighted by Crippen LogP contribution is 2.26. The Bertz CT molecular complexity index is 523. The number of hydrogen-bond acceptors (Lipinski definition) is 3. The van der Waals surface area contributed by atoms with Crippen molar-refractivity contribution in [1.29, 1.82) is 0 Å². The Balaban J connectivity index is 2.49. The highest BCUT2D eigenvalue weighted by molar-refractivity contribution is 5.39. The van der Waals surface area contributed by atoms with E-state index in [2.05, 4.69) is 42.5 Å². The van der Waals surface area contributed by atoms with Crippen molar-refractivity contribution >= 4 is 0 Å². The van der Waals surface area contributed by atoms with Crippen LogP contribution in [-0.4, -0.2) is 4.98 Å². The number of rotatable bonds is 4. The molecule has 94 valence electrons. The molecule has 0 radical (unpaired) electrons. The molecule has 0 aliphatic heterocycles. The predicted octanol–water partition coefficient (Wildman–Crippen LogP) is 2.51. The first-order valence-electron chi connectivity index (χ1n) is 6.22. The van der Waals surface area contributed by atoms with Crippen LogP contribution in [-0.2, 0) is 6.42 Å². The summed E-state index contributed by atoms with van der Waals surface area (Å²) in [6.07, 6.45) is 4.68. The lowest BCUT2D eigenvalue weighted by Gasteiger charge is -2.21. The summed E-state index contributed by atoms with van der Waals surface area (Å²) >= 11 is 0. The van der Waals surface area contributed by atoms with Gasteiger partial charge >= 0.3 is 0 Å². The van der Waals surface area contributed by atoms with E-state index in [4.69, 9.17) is 5.84 Å². The molecule has 3 N–H and O–H groups in total. The van der Waals surface area contributed by atoms with Crippen molar-refractivity contribution in [1.82, 2.24) is 10.4 Å². The summed E-state index contributed by atoms with van der Waals surface area (Å²) in [6, 6.07) is 10.4. The number of pyridine rings is 1. The smallest absolute Gasteiger partial charge is 0.0730 e. The molecule has 2 rings (SSSR count). The fraction of sp³-hybridized carbons (Fsp3) is 0.267. The molecule has 0 aliphatic rings. The van der Waals surface area contributed by atoms with Crippen molar-refractivity contribution in [3.8, 4) is 0 Å². The van der Waals surface area contributed by atoms with Crippen LogP contribution in [0.3, 0.4) is 0 Å². The molecule has 0 bridgehead atoms. The third-order valence-electron chi connectivity index (χ3n) is 3.30. The number of nitrogens with zero attached hydrogens (tertiary/aromatic N) is 1. The summed E-state index contributed by atoms with van der Waals surface area (Å²) in [4.78, 5) is 4.20. The van der Waals surface area contributed by atoms with Crippen LogP contribution >= 0.6 is 0 Å². The third kappa shape index (κ3) is 2.42. The normalized spacial score (nSPS) is 12.4. The van der Waals surface area contributed by atoms with Gasteiger partial charge in [0.15, 0.2) is 0 Å². The molecule has 1 unspecified atom stereocenters. The Hall–Kier alpha value is -1.71. The maximum atomic E-state index is 5.75. The van der Waals surface area contributed by atoms with Crippen LogP contribution in [0.4, 0.5) is 0 Å². The zero-order valence-electron chi connectivity index (χ0n) is 10.9. The van der Waals surface area contributed by atoms with Gasteiger partial charge in [0, 0.05) is 12.4 Å². The van der Waals surface area contributed by atoms with E-state index in [0.717, 1.165) is 12.0 Å². The SMILES string of the molecule is CCc1ccccc1C(NN)c1cnccc1C. The summed E-state index contributed by atoms with van der Waals surface area (Å²) in [5, 5.41) is 0. The van der Waals surface area contributed by atoms with Crippen LogP contribution in [0.15, 0.2) is 42.7 Å². The summed E-state index contributed by atoms with van der Waals surface area (Å²) in [6.45, 7) is 4.23. The van der Waals surface area contributed by atoms with Gasteiger partial charge in [-0.15, -0.1) is 0 Å². The third-order valence-corrected chi connectivity index (χ3v) is 3.30. The van der Waals surface area contributed by atoms with Crippen molar-refractivity contribution in [2.75, 3.05) is 0 Å². The van der Waals surface area contributed by atoms with E-state index in [1.807, 2.05) is 18.3 Å². The number of hydrogen-bond donors (Lipinski definition) is 2. The van der Waals surface area contributed by atoms with Crippen LogP contribution < -0.4 is 11.3 Å². The molecule has 2 aromatic rings. The van der Waals surface area contributed by atoms with Gasteiger partial charge in [-0.2, -0.15) is 0 Å². The monoisotopic (exact) mass is 241 g/mol. The molecule has 0 amide bonds. The van der Waals surface area contributed by atoms with Gasteiger partial charge in [-0.25, -0.2) is 5.43 Å². The standard InChI is InChI=1S/C15H19N3/c1-3-12-6-4-5-7-13(12)15(18-16)14-10-17-9-8-11(14)2/h4-10,15,18H,3,16H2,1-2H3. The van der Waals surface area contributed by atoms with Gasteiger partial charge in [-0.1, -0.05) is 31.2 Å². The maximum absolute atomic E-state index is 5.75. The minimum absolute atomic E-state index is 0.00477.